The lowest BCUT2D eigenvalue weighted by molar-refractivity contribution is 0.880. The van der Waals surface area contributed by atoms with Crippen LogP contribution in [0.1, 0.15) is 0 Å². The Kier molecular flexibility index (Phi) is 2.37. The van der Waals surface area contributed by atoms with Gasteiger partial charge in [0.2, 0.25) is 0 Å². The van der Waals surface area contributed by atoms with Gasteiger partial charge in [0.05, 0.1) is 5.69 Å². The third kappa shape index (κ3) is 1.76. The van der Waals surface area contributed by atoms with Crippen molar-refractivity contribution in [3.05, 3.63) is 36.9 Å². The van der Waals surface area contributed by atoms with Gasteiger partial charge in [0.1, 0.15) is 12.7 Å². The summed E-state index contributed by atoms with van der Waals surface area (Å²) < 4.78 is 1.77. The molecule has 0 N–H and O–H groups in total. The molecule has 0 amide bonds. The Morgan fingerprint density at radius 1 is 1.38 bits per heavy atom. The summed E-state index contributed by atoms with van der Waals surface area (Å²) in [5.41, 5.74) is 1.07. The predicted octanol–water partition coefficient (Wildman–Crippen LogP) is 1.20. The summed E-state index contributed by atoms with van der Waals surface area (Å²) in [6, 6.07) is 8.33. The van der Waals surface area contributed by atoms with Gasteiger partial charge in [-0.25, -0.2) is 9.67 Å². The van der Waals surface area contributed by atoms with Crippen LogP contribution in [0.4, 0.5) is 0 Å². The van der Waals surface area contributed by atoms with E-state index in [2.05, 4.69) is 28.9 Å². The second-order valence-electron chi connectivity index (χ2n) is 2.64. The van der Waals surface area contributed by atoms with Crippen LogP contribution in [0.15, 0.2) is 36.9 Å². The van der Waals surface area contributed by atoms with Crippen LogP contribution in [0.3, 0.4) is 0 Å². The van der Waals surface area contributed by atoms with Gasteiger partial charge in [-0.05, 0) is 24.1 Å². The zero-order valence-electron chi connectivity index (χ0n) is 7.31. The molecule has 1 aromatic heterocycles. The summed E-state index contributed by atoms with van der Waals surface area (Å²) in [7, 11) is 0.819. The summed E-state index contributed by atoms with van der Waals surface area (Å²) >= 11 is 0. The Balaban J connectivity index is 2.41. The van der Waals surface area contributed by atoms with Crippen LogP contribution >= 0.6 is 8.58 Å². The monoisotopic (exact) mass is 191 g/mol. The molecule has 0 aliphatic heterocycles. The first kappa shape index (κ1) is 8.39. The standard InChI is InChI=1S/C9H10N3P/c1-13-9-4-2-3-8(5-9)12-7-10-6-11-12/h2-7,13H,1H3. The highest BCUT2D eigenvalue weighted by atomic mass is 31.1. The van der Waals surface area contributed by atoms with E-state index in [4.69, 9.17) is 0 Å². The zero-order chi connectivity index (χ0) is 9.10. The molecule has 0 saturated carbocycles. The van der Waals surface area contributed by atoms with Crippen molar-refractivity contribution in [3.8, 4) is 5.69 Å². The summed E-state index contributed by atoms with van der Waals surface area (Å²) in [5.74, 6) is 0. The fourth-order valence-electron chi connectivity index (χ4n) is 1.15. The lowest BCUT2D eigenvalue weighted by Gasteiger charge is -2.01. The predicted molar refractivity (Wildman–Crippen MR) is 55.2 cm³/mol. The molecule has 1 unspecified atom stereocenters. The van der Waals surface area contributed by atoms with Gasteiger partial charge in [-0.3, -0.25) is 0 Å². The van der Waals surface area contributed by atoms with Crippen LogP contribution in [0, 0.1) is 0 Å². The van der Waals surface area contributed by atoms with Crippen molar-refractivity contribution in [2.24, 2.45) is 0 Å². The number of rotatable bonds is 2. The number of nitrogens with zero attached hydrogens (tertiary/aromatic N) is 3. The number of hydrogen-bond donors (Lipinski definition) is 0. The first-order chi connectivity index (χ1) is 6.40. The maximum Gasteiger partial charge on any atom is 0.138 e. The summed E-state index contributed by atoms with van der Waals surface area (Å²) in [6.45, 7) is 2.17. The van der Waals surface area contributed by atoms with Crippen molar-refractivity contribution in [2.45, 2.75) is 0 Å². The molecular weight excluding hydrogens is 181 g/mol. The van der Waals surface area contributed by atoms with Gasteiger partial charge >= 0.3 is 0 Å². The number of hydrogen-bond acceptors (Lipinski definition) is 2. The Hall–Kier alpha value is -1.21. The van der Waals surface area contributed by atoms with Crippen LogP contribution in [0.2, 0.25) is 0 Å². The molecule has 0 radical (unpaired) electrons. The van der Waals surface area contributed by atoms with Crippen molar-refractivity contribution < 1.29 is 0 Å². The van der Waals surface area contributed by atoms with E-state index < -0.39 is 0 Å². The summed E-state index contributed by atoms with van der Waals surface area (Å²) in [4.78, 5) is 3.91. The van der Waals surface area contributed by atoms with Crippen molar-refractivity contribution in [1.82, 2.24) is 14.8 Å². The minimum absolute atomic E-state index is 0.819. The molecule has 2 aromatic rings. The van der Waals surface area contributed by atoms with E-state index in [-0.39, 0.29) is 0 Å². The molecule has 0 fully saturated rings. The SMILES string of the molecule is CPc1cccc(-n2cncn2)c1. The average molecular weight is 191 g/mol. The van der Waals surface area contributed by atoms with Crippen LogP contribution in [-0.2, 0) is 0 Å². The first-order valence-electron chi connectivity index (χ1n) is 4.03. The second-order valence-corrected chi connectivity index (χ2v) is 3.72. The lowest BCUT2D eigenvalue weighted by Crippen LogP contribution is -1.99. The van der Waals surface area contributed by atoms with E-state index >= 15 is 0 Å². The molecule has 3 nitrogen and oxygen atoms in total. The fourth-order valence-corrected chi connectivity index (χ4v) is 1.70. The highest BCUT2D eigenvalue weighted by Crippen LogP contribution is 2.08. The molecule has 1 heterocycles. The van der Waals surface area contributed by atoms with Crippen molar-refractivity contribution in [3.63, 3.8) is 0 Å². The van der Waals surface area contributed by atoms with Gasteiger partial charge in [0.25, 0.3) is 0 Å². The maximum atomic E-state index is 4.07. The van der Waals surface area contributed by atoms with Crippen molar-refractivity contribution in [2.75, 3.05) is 6.66 Å². The first-order valence-corrected chi connectivity index (χ1v) is 5.53. The van der Waals surface area contributed by atoms with Gasteiger partial charge in [-0.2, -0.15) is 5.10 Å². The molecule has 0 aliphatic carbocycles. The van der Waals surface area contributed by atoms with E-state index in [9.17, 15) is 0 Å². The van der Waals surface area contributed by atoms with Crippen molar-refractivity contribution in [1.29, 1.82) is 0 Å². The van der Waals surface area contributed by atoms with Gasteiger partial charge in [-0.1, -0.05) is 20.7 Å². The van der Waals surface area contributed by atoms with Crippen LogP contribution in [0.5, 0.6) is 0 Å². The summed E-state index contributed by atoms with van der Waals surface area (Å²) in [6.07, 6.45) is 3.25. The third-order valence-corrected chi connectivity index (χ3v) is 2.71. The van der Waals surface area contributed by atoms with E-state index in [0.717, 1.165) is 14.3 Å². The zero-order valence-corrected chi connectivity index (χ0v) is 8.31. The average Bonchev–Trinajstić information content (AvgIpc) is 2.71. The Labute approximate surface area is 78.6 Å². The molecule has 66 valence electrons. The van der Waals surface area contributed by atoms with E-state index in [0.29, 0.717) is 0 Å². The molecule has 0 saturated heterocycles. The van der Waals surface area contributed by atoms with Crippen LogP contribution < -0.4 is 5.30 Å². The maximum absolute atomic E-state index is 4.07. The highest BCUT2D eigenvalue weighted by molar-refractivity contribution is 7.46. The summed E-state index contributed by atoms with van der Waals surface area (Å²) in [5, 5.41) is 5.41. The van der Waals surface area contributed by atoms with Crippen LogP contribution in [0.25, 0.3) is 5.69 Å². The molecule has 2 rings (SSSR count). The van der Waals surface area contributed by atoms with Gasteiger partial charge in [0.15, 0.2) is 0 Å². The van der Waals surface area contributed by atoms with Gasteiger partial charge in [-0.15, -0.1) is 0 Å². The Bertz CT molecular complexity index is 384. The highest BCUT2D eigenvalue weighted by Gasteiger charge is 1.96. The minimum Gasteiger partial charge on any atom is -0.223 e. The molecule has 0 aliphatic rings. The second kappa shape index (κ2) is 3.67. The molecule has 1 aromatic carbocycles. The third-order valence-electron chi connectivity index (χ3n) is 1.82. The van der Waals surface area contributed by atoms with Gasteiger partial charge in [0, 0.05) is 0 Å². The van der Waals surface area contributed by atoms with Gasteiger partial charge < -0.3 is 0 Å². The molecule has 0 bridgehead atoms. The molecule has 13 heavy (non-hydrogen) atoms. The smallest absolute Gasteiger partial charge is 0.138 e. The van der Waals surface area contributed by atoms with Crippen molar-refractivity contribution >= 4 is 13.9 Å². The topological polar surface area (TPSA) is 30.7 Å². The quantitative estimate of drug-likeness (QED) is 0.668. The van der Waals surface area contributed by atoms with E-state index in [1.165, 1.54) is 5.30 Å². The number of aromatic nitrogens is 3. The molecule has 1 atom stereocenters. The van der Waals surface area contributed by atoms with E-state index in [1.807, 2.05) is 12.1 Å². The molecule has 4 heteroatoms. The minimum atomic E-state index is 0.819. The van der Waals surface area contributed by atoms with E-state index in [1.54, 1.807) is 17.3 Å². The molecular formula is C9H10N3P. The normalized spacial score (nSPS) is 11.2. The Morgan fingerprint density at radius 2 is 2.31 bits per heavy atom. The number of benzene rings is 1. The van der Waals surface area contributed by atoms with Crippen LogP contribution in [-0.4, -0.2) is 21.4 Å². The molecule has 0 spiro atoms. The largest absolute Gasteiger partial charge is 0.223 e. The fraction of sp³-hybridized carbons (Fsp3) is 0.111. The lowest BCUT2D eigenvalue weighted by atomic mass is 10.3. The Morgan fingerprint density at radius 3 is 3.00 bits per heavy atom.